The SMILES string of the molecule is O=C(Nc1cc(-c2ccccc2C(F)(F)F)ccc1C(=O)O)c1cncc(-c2ccccc2)c1.[NaH]. The maximum atomic E-state index is 13.5. The molecule has 3 aromatic carbocycles. The third kappa shape index (κ3) is 5.97. The minimum atomic E-state index is -4.60. The summed E-state index contributed by atoms with van der Waals surface area (Å²) in [5, 5.41) is 12.1. The second-order valence-electron chi connectivity index (χ2n) is 7.39. The first-order valence-corrected chi connectivity index (χ1v) is 10.1. The third-order valence-electron chi connectivity index (χ3n) is 5.15. The molecular formula is C26H18F3N2NaO3. The van der Waals surface area contributed by atoms with Crippen molar-refractivity contribution in [2.24, 2.45) is 0 Å². The van der Waals surface area contributed by atoms with E-state index in [4.69, 9.17) is 0 Å². The van der Waals surface area contributed by atoms with E-state index in [1.165, 1.54) is 42.6 Å². The van der Waals surface area contributed by atoms with Crippen molar-refractivity contribution in [2.45, 2.75) is 6.18 Å². The monoisotopic (exact) mass is 486 g/mol. The number of halogens is 3. The molecular weight excluding hydrogens is 468 g/mol. The fraction of sp³-hybridized carbons (Fsp3) is 0.0385. The summed E-state index contributed by atoms with van der Waals surface area (Å²) >= 11 is 0. The summed E-state index contributed by atoms with van der Waals surface area (Å²) in [4.78, 5) is 28.7. The number of nitrogens with one attached hydrogen (secondary N) is 1. The third-order valence-corrected chi connectivity index (χ3v) is 5.15. The van der Waals surface area contributed by atoms with Crippen LogP contribution in [0.25, 0.3) is 22.3 Å². The summed E-state index contributed by atoms with van der Waals surface area (Å²) in [5.74, 6) is -1.98. The fourth-order valence-electron chi connectivity index (χ4n) is 3.53. The van der Waals surface area contributed by atoms with Crippen LogP contribution in [0.5, 0.6) is 0 Å². The predicted octanol–water partition coefficient (Wildman–Crippen LogP) is 5.74. The molecule has 0 saturated heterocycles. The van der Waals surface area contributed by atoms with Crippen molar-refractivity contribution in [3.05, 3.63) is 108 Å². The van der Waals surface area contributed by atoms with Crippen LogP contribution < -0.4 is 5.32 Å². The molecule has 35 heavy (non-hydrogen) atoms. The number of aromatic carboxylic acids is 1. The van der Waals surface area contributed by atoms with Gasteiger partial charge in [-0.3, -0.25) is 9.78 Å². The molecule has 9 heteroatoms. The molecule has 0 atom stereocenters. The number of carboxylic acid groups (broad SMARTS) is 1. The quantitative estimate of drug-likeness (QED) is 0.353. The number of nitrogens with zero attached hydrogens (tertiary/aromatic N) is 1. The Balaban J connectivity index is 0.00000342. The second kappa shape index (κ2) is 10.9. The van der Waals surface area contributed by atoms with E-state index in [1.807, 2.05) is 30.3 Å². The standard InChI is InChI=1S/C26H17F3N2O3.Na.H/c27-26(28,29)22-9-5-4-8-20(22)17-10-11-21(25(33)34)23(13-17)31-24(32)19-12-18(14-30-15-19)16-6-2-1-3-7-16;;/h1-15H,(H,31,32)(H,33,34);;. The van der Waals surface area contributed by atoms with E-state index in [0.717, 1.165) is 11.6 Å². The van der Waals surface area contributed by atoms with Crippen LogP contribution in [0.4, 0.5) is 18.9 Å². The zero-order chi connectivity index (χ0) is 24.3. The number of rotatable bonds is 5. The number of alkyl halides is 3. The molecule has 0 saturated carbocycles. The number of aromatic nitrogens is 1. The van der Waals surface area contributed by atoms with E-state index in [-0.39, 0.29) is 57.5 Å². The first-order chi connectivity index (χ1) is 16.2. The Kier molecular flexibility index (Phi) is 8.11. The van der Waals surface area contributed by atoms with Gasteiger partial charge in [0.1, 0.15) is 0 Å². The summed E-state index contributed by atoms with van der Waals surface area (Å²) in [5.41, 5.74) is 0.417. The molecule has 1 aromatic heterocycles. The molecule has 4 aromatic rings. The van der Waals surface area contributed by atoms with Gasteiger partial charge < -0.3 is 10.4 Å². The minimum absolute atomic E-state index is 0. The van der Waals surface area contributed by atoms with Crippen LogP contribution in [0.1, 0.15) is 26.3 Å². The Labute approximate surface area is 220 Å². The fourth-order valence-corrected chi connectivity index (χ4v) is 3.53. The van der Waals surface area contributed by atoms with E-state index in [1.54, 1.807) is 12.3 Å². The molecule has 2 N–H and O–H groups in total. The van der Waals surface area contributed by atoms with Gasteiger partial charge in [0.25, 0.3) is 5.91 Å². The van der Waals surface area contributed by atoms with E-state index < -0.39 is 23.6 Å². The van der Waals surface area contributed by atoms with E-state index in [2.05, 4.69) is 10.3 Å². The summed E-state index contributed by atoms with van der Waals surface area (Å²) < 4.78 is 40.4. The van der Waals surface area contributed by atoms with Gasteiger partial charge in [-0.05, 0) is 41.0 Å². The van der Waals surface area contributed by atoms with Crippen LogP contribution in [-0.2, 0) is 6.18 Å². The summed E-state index contributed by atoms with van der Waals surface area (Å²) in [6.07, 6.45) is -1.69. The van der Waals surface area contributed by atoms with Crippen LogP contribution in [-0.4, -0.2) is 51.5 Å². The molecule has 0 aliphatic rings. The number of carbonyl (C=O) groups excluding carboxylic acids is 1. The van der Waals surface area contributed by atoms with Crippen LogP contribution in [0.3, 0.4) is 0 Å². The number of anilines is 1. The van der Waals surface area contributed by atoms with Gasteiger partial charge in [0, 0.05) is 18.0 Å². The maximum absolute atomic E-state index is 13.5. The molecule has 0 aliphatic heterocycles. The Bertz CT molecular complexity index is 1380. The van der Waals surface area contributed by atoms with Crippen LogP contribution >= 0.6 is 0 Å². The molecule has 4 rings (SSSR count). The molecule has 0 unspecified atom stereocenters. The van der Waals surface area contributed by atoms with E-state index in [0.29, 0.717) is 5.56 Å². The summed E-state index contributed by atoms with van der Waals surface area (Å²) in [6, 6.07) is 19.5. The first-order valence-electron chi connectivity index (χ1n) is 10.1. The number of pyridine rings is 1. The molecule has 0 fully saturated rings. The molecule has 0 bridgehead atoms. The summed E-state index contributed by atoms with van der Waals surface area (Å²) in [6.45, 7) is 0. The van der Waals surface area contributed by atoms with Crippen molar-refractivity contribution in [3.8, 4) is 22.3 Å². The van der Waals surface area contributed by atoms with Gasteiger partial charge >= 0.3 is 41.7 Å². The Hall–Kier alpha value is -3.46. The van der Waals surface area contributed by atoms with Gasteiger partial charge in [0.05, 0.1) is 22.4 Å². The molecule has 0 radical (unpaired) electrons. The van der Waals surface area contributed by atoms with Crippen molar-refractivity contribution in [1.82, 2.24) is 4.98 Å². The Morgan fingerprint density at radius 3 is 2.17 bits per heavy atom. The number of hydrogen-bond acceptors (Lipinski definition) is 3. The number of hydrogen-bond donors (Lipinski definition) is 2. The zero-order valence-electron chi connectivity index (χ0n) is 17.5. The predicted molar refractivity (Wildman–Crippen MR) is 129 cm³/mol. The summed E-state index contributed by atoms with van der Waals surface area (Å²) in [7, 11) is 0. The first kappa shape index (κ1) is 26.2. The van der Waals surface area contributed by atoms with Crippen molar-refractivity contribution in [1.29, 1.82) is 0 Å². The van der Waals surface area contributed by atoms with Crippen LogP contribution in [0.2, 0.25) is 0 Å². The number of benzene rings is 3. The molecule has 0 aliphatic carbocycles. The number of carboxylic acids is 1. The normalized spacial score (nSPS) is 10.8. The second-order valence-corrected chi connectivity index (χ2v) is 7.39. The van der Waals surface area contributed by atoms with Crippen molar-refractivity contribution in [3.63, 3.8) is 0 Å². The van der Waals surface area contributed by atoms with Crippen LogP contribution in [0.15, 0.2) is 91.3 Å². The molecule has 5 nitrogen and oxygen atoms in total. The van der Waals surface area contributed by atoms with Crippen molar-refractivity contribution >= 4 is 47.1 Å². The van der Waals surface area contributed by atoms with E-state index in [9.17, 15) is 27.9 Å². The van der Waals surface area contributed by atoms with Gasteiger partial charge in [-0.15, -0.1) is 0 Å². The van der Waals surface area contributed by atoms with Crippen molar-refractivity contribution in [2.75, 3.05) is 5.32 Å². The molecule has 0 spiro atoms. The van der Waals surface area contributed by atoms with Gasteiger partial charge in [-0.2, -0.15) is 13.2 Å². The Morgan fingerprint density at radius 1 is 0.800 bits per heavy atom. The molecule has 1 heterocycles. The van der Waals surface area contributed by atoms with Crippen LogP contribution in [0, 0.1) is 0 Å². The zero-order valence-corrected chi connectivity index (χ0v) is 17.5. The van der Waals surface area contributed by atoms with Gasteiger partial charge in [0.2, 0.25) is 0 Å². The van der Waals surface area contributed by atoms with E-state index >= 15 is 0 Å². The average molecular weight is 486 g/mol. The average Bonchev–Trinajstić information content (AvgIpc) is 2.84. The van der Waals surface area contributed by atoms with Gasteiger partial charge in [0.15, 0.2) is 0 Å². The number of amides is 1. The van der Waals surface area contributed by atoms with Crippen molar-refractivity contribution < 1.29 is 27.9 Å². The topological polar surface area (TPSA) is 79.3 Å². The number of carbonyl (C=O) groups is 2. The van der Waals surface area contributed by atoms with Gasteiger partial charge in [-0.1, -0.05) is 54.6 Å². The Morgan fingerprint density at radius 2 is 1.49 bits per heavy atom. The molecule has 1 amide bonds. The van der Waals surface area contributed by atoms with Gasteiger partial charge in [-0.25, -0.2) is 4.79 Å². The molecule has 172 valence electrons.